The molecule has 0 aromatic rings. The normalized spacial score (nSPS) is 30.1. The molecular weight excluding hydrogens is 228 g/mol. The number of hydrogen-bond acceptors (Lipinski definition) is 3. The van der Waals surface area contributed by atoms with E-state index < -0.39 is 6.10 Å². The Morgan fingerprint density at radius 2 is 1.89 bits per heavy atom. The molecule has 1 aliphatic heterocycles. The van der Waals surface area contributed by atoms with Gasteiger partial charge in [-0.3, -0.25) is 4.79 Å². The summed E-state index contributed by atoms with van der Waals surface area (Å²) >= 11 is 0. The van der Waals surface area contributed by atoms with E-state index in [-0.39, 0.29) is 11.9 Å². The van der Waals surface area contributed by atoms with E-state index in [1.807, 2.05) is 23.9 Å². The first kappa shape index (κ1) is 13.8. The summed E-state index contributed by atoms with van der Waals surface area (Å²) in [5.74, 6) is 0.826. The van der Waals surface area contributed by atoms with Gasteiger partial charge in [-0.25, -0.2) is 0 Å². The average molecular weight is 254 g/mol. The molecule has 1 heterocycles. The molecule has 2 aliphatic rings. The van der Waals surface area contributed by atoms with Crippen LogP contribution in [0, 0.1) is 5.92 Å². The summed E-state index contributed by atoms with van der Waals surface area (Å²) in [7, 11) is 3.92. The van der Waals surface area contributed by atoms with E-state index in [0.29, 0.717) is 25.4 Å². The summed E-state index contributed by atoms with van der Waals surface area (Å²) < 4.78 is 0. The Hall–Kier alpha value is -0.610. The van der Waals surface area contributed by atoms with Crippen LogP contribution in [0.5, 0.6) is 0 Å². The topological polar surface area (TPSA) is 43.8 Å². The Morgan fingerprint density at radius 1 is 1.22 bits per heavy atom. The number of carbonyl (C=O) groups excluding carboxylic acids is 1. The van der Waals surface area contributed by atoms with Crippen LogP contribution in [0.25, 0.3) is 0 Å². The molecule has 1 saturated heterocycles. The minimum absolute atomic E-state index is 0.0975. The Kier molecular flexibility index (Phi) is 4.62. The van der Waals surface area contributed by atoms with E-state index in [0.717, 1.165) is 0 Å². The molecule has 4 heteroatoms. The van der Waals surface area contributed by atoms with Gasteiger partial charge in [0.15, 0.2) is 0 Å². The highest BCUT2D eigenvalue weighted by atomic mass is 16.3. The van der Waals surface area contributed by atoms with Gasteiger partial charge in [-0.2, -0.15) is 0 Å². The predicted octanol–water partition coefficient (Wildman–Crippen LogP) is 1.09. The fourth-order valence-electron chi connectivity index (χ4n) is 3.25. The van der Waals surface area contributed by atoms with Crippen LogP contribution in [0.4, 0.5) is 0 Å². The lowest BCUT2D eigenvalue weighted by Crippen LogP contribution is -2.38. The maximum absolute atomic E-state index is 12.2. The fourth-order valence-corrected chi connectivity index (χ4v) is 3.25. The van der Waals surface area contributed by atoms with Gasteiger partial charge < -0.3 is 14.9 Å². The van der Waals surface area contributed by atoms with Crippen LogP contribution < -0.4 is 0 Å². The molecule has 0 aromatic heterocycles. The van der Waals surface area contributed by atoms with Gasteiger partial charge in [0.05, 0.1) is 12.1 Å². The molecule has 0 aromatic carbocycles. The monoisotopic (exact) mass is 254 g/mol. The predicted molar refractivity (Wildman–Crippen MR) is 71.3 cm³/mol. The zero-order valence-corrected chi connectivity index (χ0v) is 11.6. The summed E-state index contributed by atoms with van der Waals surface area (Å²) in [6.45, 7) is 1.19. The van der Waals surface area contributed by atoms with E-state index in [9.17, 15) is 9.90 Å². The van der Waals surface area contributed by atoms with Crippen molar-refractivity contribution in [2.75, 3.05) is 27.2 Å². The second-order valence-electron chi connectivity index (χ2n) is 6.11. The van der Waals surface area contributed by atoms with E-state index in [4.69, 9.17) is 0 Å². The van der Waals surface area contributed by atoms with E-state index in [1.54, 1.807) is 0 Å². The summed E-state index contributed by atoms with van der Waals surface area (Å²) in [6.07, 6.45) is 6.60. The van der Waals surface area contributed by atoms with Crippen LogP contribution in [-0.4, -0.2) is 60.1 Å². The highest BCUT2D eigenvalue weighted by Gasteiger charge is 2.35. The molecule has 1 saturated carbocycles. The van der Waals surface area contributed by atoms with Crippen molar-refractivity contribution in [2.24, 2.45) is 5.92 Å². The second-order valence-corrected chi connectivity index (χ2v) is 6.11. The summed E-state index contributed by atoms with van der Waals surface area (Å²) in [4.78, 5) is 16.1. The first-order valence-electron chi connectivity index (χ1n) is 7.20. The van der Waals surface area contributed by atoms with Crippen molar-refractivity contribution in [2.45, 2.75) is 50.7 Å². The number of rotatable bonds is 3. The third-order valence-electron chi connectivity index (χ3n) is 4.46. The molecular formula is C14H26N2O2. The van der Waals surface area contributed by atoms with Crippen molar-refractivity contribution in [3.8, 4) is 0 Å². The number of nitrogens with zero attached hydrogens (tertiary/aromatic N) is 2. The molecule has 18 heavy (non-hydrogen) atoms. The minimum atomic E-state index is -0.393. The van der Waals surface area contributed by atoms with Crippen LogP contribution in [0.15, 0.2) is 0 Å². The van der Waals surface area contributed by atoms with Crippen LogP contribution in [-0.2, 0) is 4.79 Å². The number of hydrogen-bond donors (Lipinski definition) is 1. The number of likely N-dealkylation sites (tertiary alicyclic amines) is 1. The largest absolute Gasteiger partial charge is 0.390 e. The van der Waals surface area contributed by atoms with Crippen molar-refractivity contribution in [3.63, 3.8) is 0 Å². The van der Waals surface area contributed by atoms with Crippen LogP contribution >= 0.6 is 0 Å². The molecule has 2 atom stereocenters. The lowest BCUT2D eigenvalue weighted by atomic mass is 9.87. The lowest BCUT2D eigenvalue weighted by molar-refractivity contribution is -0.131. The maximum atomic E-state index is 12.2. The summed E-state index contributed by atoms with van der Waals surface area (Å²) in [5, 5.41) is 9.95. The Morgan fingerprint density at radius 3 is 2.44 bits per heavy atom. The van der Waals surface area contributed by atoms with Crippen molar-refractivity contribution in [3.05, 3.63) is 0 Å². The average Bonchev–Trinajstić information content (AvgIpc) is 2.73. The molecule has 104 valence electrons. The molecule has 0 unspecified atom stereocenters. The zero-order chi connectivity index (χ0) is 13.1. The molecule has 2 fully saturated rings. The molecule has 1 amide bonds. The molecule has 4 nitrogen and oxygen atoms in total. The van der Waals surface area contributed by atoms with E-state index in [1.165, 1.54) is 32.1 Å². The Balaban J connectivity index is 1.82. The van der Waals surface area contributed by atoms with E-state index >= 15 is 0 Å². The minimum Gasteiger partial charge on any atom is -0.390 e. The zero-order valence-electron chi connectivity index (χ0n) is 11.6. The molecule has 1 N–H and O–H groups in total. The number of amides is 1. The summed E-state index contributed by atoms with van der Waals surface area (Å²) in [6, 6.07) is 0.0975. The Labute approximate surface area is 110 Å². The molecule has 0 spiro atoms. The van der Waals surface area contributed by atoms with E-state index in [2.05, 4.69) is 0 Å². The quantitative estimate of drug-likeness (QED) is 0.820. The van der Waals surface area contributed by atoms with Crippen LogP contribution in [0.3, 0.4) is 0 Å². The number of carbonyl (C=O) groups is 1. The summed E-state index contributed by atoms with van der Waals surface area (Å²) in [5.41, 5.74) is 0. The SMILES string of the molecule is CN(C)[C@@H]1CN(C(=O)CC2CCCCC2)C[C@H]1O. The molecule has 0 radical (unpaired) electrons. The third kappa shape index (κ3) is 3.23. The highest BCUT2D eigenvalue weighted by molar-refractivity contribution is 5.77. The van der Waals surface area contributed by atoms with Gasteiger partial charge in [0, 0.05) is 19.5 Å². The van der Waals surface area contributed by atoms with Crippen molar-refractivity contribution in [1.82, 2.24) is 9.80 Å². The van der Waals surface area contributed by atoms with Gasteiger partial charge in [-0.05, 0) is 32.9 Å². The molecule has 1 aliphatic carbocycles. The van der Waals surface area contributed by atoms with Gasteiger partial charge in [0.1, 0.15) is 0 Å². The second kappa shape index (κ2) is 6.02. The standard InChI is InChI=1S/C14H26N2O2/c1-15(2)12-9-16(10-13(12)17)14(18)8-11-6-4-3-5-7-11/h11-13,17H,3-10H2,1-2H3/t12-,13-/m1/s1. The van der Waals surface area contributed by atoms with Crippen molar-refractivity contribution in [1.29, 1.82) is 0 Å². The molecule has 0 bridgehead atoms. The first-order valence-corrected chi connectivity index (χ1v) is 7.20. The first-order chi connectivity index (χ1) is 8.58. The number of likely N-dealkylation sites (N-methyl/N-ethyl adjacent to an activating group) is 1. The van der Waals surface area contributed by atoms with Gasteiger partial charge in [-0.1, -0.05) is 19.3 Å². The van der Waals surface area contributed by atoms with Gasteiger partial charge >= 0.3 is 0 Å². The third-order valence-corrected chi connectivity index (χ3v) is 4.46. The number of aliphatic hydroxyl groups is 1. The van der Waals surface area contributed by atoms with Gasteiger partial charge in [-0.15, -0.1) is 0 Å². The van der Waals surface area contributed by atoms with Gasteiger partial charge in [0.2, 0.25) is 5.91 Å². The lowest BCUT2D eigenvalue weighted by Gasteiger charge is -2.24. The van der Waals surface area contributed by atoms with Crippen molar-refractivity contribution < 1.29 is 9.90 Å². The van der Waals surface area contributed by atoms with Crippen LogP contribution in [0.1, 0.15) is 38.5 Å². The van der Waals surface area contributed by atoms with Crippen LogP contribution in [0.2, 0.25) is 0 Å². The fraction of sp³-hybridized carbons (Fsp3) is 0.929. The van der Waals surface area contributed by atoms with Crippen molar-refractivity contribution >= 4 is 5.91 Å². The Bertz CT molecular complexity index is 288. The molecule has 2 rings (SSSR count). The smallest absolute Gasteiger partial charge is 0.222 e. The maximum Gasteiger partial charge on any atom is 0.222 e. The number of aliphatic hydroxyl groups excluding tert-OH is 1. The van der Waals surface area contributed by atoms with Gasteiger partial charge in [0.25, 0.3) is 0 Å². The highest BCUT2D eigenvalue weighted by Crippen LogP contribution is 2.27. The number of β-amino-alcohol motifs (C(OH)–C–C–N with tert-alkyl or cyclic N) is 1.